The van der Waals surface area contributed by atoms with E-state index in [1.54, 1.807) is 0 Å². The van der Waals surface area contributed by atoms with Gasteiger partial charge in [0.05, 0.1) is 0 Å². The van der Waals surface area contributed by atoms with Gasteiger partial charge < -0.3 is 5.32 Å². The van der Waals surface area contributed by atoms with Crippen LogP contribution in [0.25, 0.3) is 10.8 Å². The molecule has 2 aromatic carbocycles. The molecule has 0 radical (unpaired) electrons. The maximum absolute atomic E-state index is 6.31. The molecule has 0 heterocycles. The summed E-state index contributed by atoms with van der Waals surface area (Å²) in [7, 11) is 0. The van der Waals surface area contributed by atoms with E-state index in [9.17, 15) is 0 Å². The molecule has 0 spiro atoms. The minimum absolute atomic E-state index is 0.488. The van der Waals surface area contributed by atoms with E-state index in [4.69, 9.17) is 11.6 Å². The summed E-state index contributed by atoms with van der Waals surface area (Å²) in [4.78, 5) is 0. The number of rotatable bonds is 5. The highest BCUT2D eigenvalue weighted by atomic mass is 35.5. The predicted molar refractivity (Wildman–Crippen MR) is 82.7 cm³/mol. The number of hydrogen-bond donors (Lipinski definition) is 1. The highest BCUT2D eigenvalue weighted by Crippen LogP contribution is 2.43. The molecule has 0 aliphatic heterocycles. The quantitative estimate of drug-likeness (QED) is 0.813. The molecule has 1 atom stereocenters. The first-order valence-corrected chi connectivity index (χ1v) is 7.59. The molecule has 1 aliphatic carbocycles. The molecule has 2 heteroatoms. The molecule has 1 nitrogen and oxygen atoms in total. The maximum Gasteiger partial charge on any atom is 0.0484 e. The zero-order valence-corrected chi connectivity index (χ0v) is 12.1. The van der Waals surface area contributed by atoms with Gasteiger partial charge in [-0.15, -0.1) is 0 Å². The van der Waals surface area contributed by atoms with Crippen molar-refractivity contribution in [3.63, 3.8) is 0 Å². The van der Waals surface area contributed by atoms with E-state index in [1.807, 2.05) is 6.07 Å². The van der Waals surface area contributed by atoms with Gasteiger partial charge in [-0.1, -0.05) is 48.9 Å². The lowest BCUT2D eigenvalue weighted by Crippen LogP contribution is -2.24. The van der Waals surface area contributed by atoms with Gasteiger partial charge in [-0.05, 0) is 48.7 Å². The van der Waals surface area contributed by atoms with Crippen LogP contribution < -0.4 is 5.32 Å². The molecule has 3 rings (SSSR count). The summed E-state index contributed by atoms with van der Waals surface area (Å²) >= 11 is 6.31. The van der Waals surface area contributed by atoms with Crippen LogP contribution in [0.5, 0.6) is 0 Å². The van der Waals surface area contributed by atoms with Gasteiger partial charge in [0.1, 0.15) is 0 Å². The fourth-order valence-corrected chi connectivity index (χ4v) is 3.04. The van der Waals surface area contributed by atoms with Crippen LogP contribution in [0.2, 0.25) is 5.02 Å². The fraction of sp³-hybridized carbons (Fsp3) is 0.412. The van der Waals surface area contributed by atoms with Gasteiger partial charge in [0.15, 0.2) is 0 Å². The van der Waals surface area contributed by atoms with Crippen LogP contribution in [0.15, 0.2) is 36.4 Å². The second-order valence-corrected chi connectivity index (χ2v) is 5.86. The Morgan fingerprint density at radius 2 is 1.89 bits per heavy atom. The highest BCUT2D eigenvalue weighted by Gasteiger charge is 2.32. The largest absolute Gasteiger partial charge is 0.310 e. The SMILES string of the molecule is CCCNC(c1ccc(Cl)c2ccccc12)C1CC1. The molecule has 1 saturated carbocycles. The third-order valence-corrected chi connectivity index (χ3v) is 4.28. The van der Waals surface area contributed by atoms with Gasteiger partial charge in [0, 0.05) is 16.5 Å². The maximum atomic E-state index is 6.31. The van der Waals surface area contributed by atoms with Crippen LogP contribution in [0.1, 0.15) is 37.8 Å². The molecule has 100 valence electrons. The van der Waals surface area contributed by atoms with Gasteiger partial charge >= 0.3 is 0 Å². The van der Waals surface area contributed by atoms with Gasteiger partial charge in [-0.3, -0.25) is 0 Å². The Hall–Kier alpha value is -1.05. The van der Waals surface area contributed by atoms with E-state index in [0.717, 1.165) is 17.5 Å². The predicted octanol–water partition coefficient (Wildman–Crippen LogP) is 4.94. The monoisotopic (exact) mass is 273 g/mol. The van der Waals surface area contributed by atoms with E-state index in [-0.39, 0.29) is 0 Å². The molecular formula is C17H20ClN. The van der Waals surface area contributed by atoms with Gasteiger partial charge in [0.25, 0.3) is 0 Å². The summed E-state index contributed by atoms with van der Waals surface area (Å²) in [5.41, 5.74) is 1.41. The zero-order chi connectivity index (χ0) is 13.2. The van der Waals surface area contributed by atoms with Crippen molar-refractivity contribution in [1.29, 1.82) is 0 Å². The Morgan fingerprint density at radius 3 is 2.58 bits per heavy atom. The first-order valence-electron chi connectivity index (χ1n) is 7.21. The second kappa shape index (κ2) is 5.52. The summed E-state index contributed by atoms with van der Waals surface area (Å²) in [6.45, 7) is 3.30. The Morgan fingerprint density at radius 1 is 1.16 bits per heavy atom. The Kier molecular flexibility index (Phi) is 3.76. The molecule has 0 aromatic heterocycles. The van der Waals surface area contributed by atoms with Crippen LogP contribution in [-0.2, 0) is 0 Å². The van der Waals surface area contributed by atoms with Crippen molar-refractivity contribution in [2.45, 2.75) is 32.2 Å². The summed E-state index contributed by atoms with van der Waals surface area (Å²) < 4.78 is 0. The van der Waals surface area contributed by atoms with Crippen molar-refractivity contribution < 1.29 is 0 Å². The lowest BCUT2D eigenvalue weighted by atomic mass is 9.95. The molecule has 1 N–H and O–H groups in total. The normalized spacial score (nSPS) is 16.7. The molecule has 0 amide bonds. The molecule has 1 unspecified atom stereocenters. The lowest BCUT2D eigenvalue weighted by molar-refractivity contribution is 0.484. The standard InChI is InChI=1S/C17H20ClN/c1-2-11-19-17(12-7-8-12)15-9-10-16(18)14-6-4-3-5-13(14)15/h3-6,9-10,12,17,19H,2,7-8,11H2,1H3. The van der Waals surface area contributed by atoms with Crippen LogP contribution in [-0.4, -0.2) is 6.54 Å². The lowest BCUT2D eigenvalue weighted by Gasteiger charge is -2.21. The molecule has 0 bridgehead atoms. The van der Waals surface area contributed by atoms with Crippen molar-refractivity contribution in [2.75, 3.05) is 6.54 Å². The highest BCUT2D eigenvalue weighted by molar-refractivity contribution is 6.35. The first kappa shape index (κ1) is 13.0. The molecule has 0 saturated heterocycles. The number of hydrogen-bond acceptors (Lipinski definition) is 1. The van der Waals surface area contributed by atoms with Crippen molar-refractivity contribution >= 4 is 22.4 Å². The van der Waals surface area contributed by atoms with Crippen molar-refractivity contribution in [3.05, 3.63) is 47.0 Å². The van der Waals surface area contributed by atoms with E-state index < -0.39 is 0 Å². The molecule has 19 heavy (non-hydrogen) atoms. The van der Waals surface area contributed by atoms with E-state index in [0.29, 0.717) is 6.04 Å². The van der Waals surface area contributed by atoms with Crippen molar-refractivity contribution in [2.24, 2.45) is 5.92 Å². The minimum atomic E-state index is 0.488. The van der Waals surface area contributed by atoms with Gasteiger partial charge in [0.2, 0.25) is 0 Å². The average molecular weight is 274 g/mol. The molecule has 2 aromatic rings. The molecular weight excluding hydrogens is 254 g/mol. The zero-order valence-electron chi connectivity index (χ0n) is 11.3. The number of fused-ring (bicyclic) bond motifs is 1. The first-order chi connectivity index (χ1) is 9.31. The van der Waals surface area contributed by atoms with Gasteiger partial charge in [-0.2, -0.15) is 0 Å². The average Bonchev–Trinajstić information content (AvgIpc) is 3.26. The minimum Gasteiger partial charge on any atom is -0.310 e. The third kappa shape index (κ3) is 2.63. The molecule has 1 fully saturated rings. The summed E-state index contributed by atoms with van der Waals surface area (Å²) in [6, 6.07) is 13.2. The Balaban J connectivity index is 2.05. The summed E-state index contributed by atoms with van der Waals surface area (Å²) in [5, 5.41) is 7.04. The third-order valence-electron chi connectivity index (χ3n) is 3.95. The number of nitrogens with one attached hydrogen (secondary N) is 1. The van der Waals surface area contributed by atoms with Crippen LogP contribution >= 0.6 is 11.6 Å². The Labute approximate surface area is 120 Å². The van der Waals surface area contributed by atoms with Crippen LogP contribution in [0.4, 0.5) is 0 Å². The topological polar surface area (TPSA) is 12.0 Å². The molecule has 1 aliphatic rings. The van der Waals surface area contributed by atoms with Crippen molar-refractivity contribution in [3.8, 4) is 0 Å². The Bertz CT molecular complexity index is 574. The van der Waals surface area contributed by atoms with Crippen LogP contribution in [0.3, 0.4) is 0 Å². The summed E-state index contributed by atoms with van der Waals surface area (Å²) in [5.74, 6) is 0.802. The van der Waals surface area contributed by atoms with Crippen molar-refractivity contribution in [1.82, 2.24) is 5.32 Å². The number of halogens is 1. The van der Waals surface area contributed by atoms with Crippen LogP contribution in [0, 0.1) is 5.92 Å². The smallest absolute Gasteiger partial charge is 0.0484 e. The number of benzene rings is 2. The van der Waals surface area contributed by atoms with E-state index in [1.165, 1.54) is 35.6 Å². The summed E-state index contributed by atoms with van der Waals surface area (Å²) in [6.07, 6.45) is 3.87. The fourth-order valence-electron chi connectivity index (χ4n) is 2.82. The second-order valence-electron chi connectivity index (χ2n) is 5.45. The van der Waals surface area contributed by atoms with Gasteiger partial charge in [-0.25, -0.2) is 0 Å². The van der Waals surface area contributed by atoms with E-state index in [2.05, 4.69) is 42.6 Å². The van der Waals surface area contributed by atoms with E-state index >= 15 is 0 Å².